The third-order valence-corrected chi connectivity index (χ3v) is 7.00. The summed E-state index contributed by atoms with van der Waals surface area (Å²) in [5.74, 6) is -0.488. The van der Waals surface area contributed by atoms with Gasteiger partial charge in [-0.25, -0.2) is 9.79 Å². The van der Waals surface area contributed by atoms with Crippen molar-refractivity contribution >= 4 is 40.4 Å². The monoisotopic (exact) mass is 465 g/mol. The van der Waals surface area contributed by atoms with E-state index in [4.69, 9.17) is 4.74 Å². The van der Waals surface area contributed by atoms with E-state index >= 15 is 0 Å². The highest BCUT2D eigenvalue weighted by Gasteiger charge is 2.33. The van der Waals surface area contributed by atoms with Gasteiger partial charge in [0.25, 0.3) is 5.56 Å². The number of carbonyl (C=O) groups is 1. The summed E-state index contributed by atoms with van der Waals surface area (Å²) in [6.45, 7) is 5.48. The molecule has 0 saturated heterocycles. The molecule has 3 aromatic rings. The molecular weight excluding hydrogens is 442 g/mol. The number of aromatic nitrogens is 1. The molecule has 0 saturated carbocycles. The Hall–Kier alpha value is -3.23. The minimum atomic E-state index is -0.568. The number of hydrogen-bond donors (Lipinski definition) is 0. The summed E-state index contributed by atoms with van der Waals surface area (Å²) in [6.07, 6.45) is 3.38. The van der Waals surface area contributed by atoms with E-state index in [-0.39, 0.29) is 12.2 Å². The van der Waals surface area contributed by atoms with Crippen molar-refractivity contribution in [1.29, 1.82) is 0 Å². The number of thiazole rings is 1. The molecule has 0 N–H and O–H groups in total. The van der Waals surface area contributed by atoms with Crippen LogP contribution in [0, 0.1) is 0 Å². The Bertz CT molecular complexity index is 1360. The molecule has 0 fully saturated rings. The lowest BCUT2D eigenvalue weighted by Gasteiger charge is -2.23. The van der Waals surface area contributed by atoms with E-state index in [1.54, 1.807) is 11.5 Å². The number of anilines is 1. The molecule has 164 valence electrons. The van der Waals surface area contributed by atoms with Crippen LogP contribution in [0.5, 0.6) is 0 Å². The molecule has 1 atom stereocenters. The number of allylic oxidation sites excluding steroid dienone is 1. The molecule has 0 bridgehead atoms. The van der Waals surface area contributed by atoms with E-state index in [0.717, 1.165) is 16.1 Å². The van der Waals surface area contributed by atoms with Crippen LogP contribution in [0.3, 0.4) is 0 Å². The molecule has 1 aliphatic rings. The maximum atomic E-state index is 13.5. The topological polar surface area (TPSA) is 63.9 Å². The number of esters is 1. The summed E-state index contributed by atoms with van der Waals surface area (Å²) in [4.78, 5) is 34.4. The van der Waals surface area contributed by atoms with Crippen LogP contribution in [0.25, 0.3) is 6.08 Å². The Balaban J connectivity index is 1.85. The molecule has 4 rings (SSSR count). The summed E-state index contributed by atoms with van der Waals surface area (Å²) in [5.41, 5.74) is 2.77. The molecule has 2 aromatic heterocycles. The van der Waals surface area contributed by atoms with Gasteiger partial charge in [-0.15, -0.1) is 11.3 Å². The molecule has 32 heavy (non-hydrogen) atoms. The third kappa shape index (κ3) is 4.11. The number of nitrogens with zero attached hydrogens (tertiary/aromatic N) is 3. The average Bonchev–Trinajstić information content (AvgIpc) is 3.40. The van der Waals surface area contributed by atoms with Gasteiger partial charge in [-0.3, -0.25) is 9.36 Å². The minimum Gasteiger partial charge on any atom is -0.458 e. The van der Waals surface area contributed by atoms with Gasteiger partial charge in [0.2, 0.25) is 0 Å². The normalized spacial score (nSPS) is 15.8. The van der Waals surface area contributed by atoms with Crippen LogP contribution in [0.1, 0.15) is 23.4 Å². The average molecular weight is 466 g/mol. The summed E-state index contributed by atoms with van der Waals surface area (Å²) in [5, 5.41) is 1.93. The van der Waals surface area contributed by atoms with Crippen LogP contribution in [0.4, 0.5) is 5.69 Å². The van der Waals surface area contributed by atoms with E-state index in [0.29, 0.717) is 20.6 Å². The van der Waals surface area contributed by atoms with Crippen molar-refractivity contribution in [2.24, 2.45) is 4.99 Å². The maximum Gasteiger partial charge on any atom is 0.338 e. The molecule has 3 heterocycles. The molecule has 0 aliphatic carbocycles. The van der Waals surface area contributed by atoms with E-state index in [1.165, 1.54) is 28.7 Å². The van der Waals surface area contributed by atoms with Crippen LogP contribution in [0.15, 0.2) is 75.5 Å². The number of rotatable bonds is 6. The van der Waals surface area contributed by atoms with Gasteiger partial charge in [0, 0.05) is 24.7 Å². The van der Waals surface area contributed by atoms with Gasteiger partial charge in [0.1, 0.15) is 12.6 Å². The van der Waals surface area contributed by atoms with Crippen molar-refractivity contribution in [3.05, 3.63) is 95.8 Å². The number of ether oxygens (including phenoxy) is 1. The number of hydrogen-bond acceptors (Lipinski definition) is 7. The van der Waals surface area contributed by atoms with E-state index in [1.807, 2.05) is 66.8 Å². The lowest BCUT2D eigenvalue weighted by atomic mass is 10.0. The Kier molecular flexibility index (Phi) is 6.25. The maximum absolute atomic E-state index is 13.5. The highest BCUT2D eigenvalue weighted by molar-refractivity contribution is 7.10. The van der Waals surface area contributed by atoms with Crippen LogP contribution < -0.4 is 19.8 Å². The zero-order valence-electron chi connectivity index (χ0n) is 18.1. The molecule has 0 radical (unpaired) electrons. The molecule has 1 aromatic carbocycles. The van der Waals surface area contributed by atoms with E-state index in [9.17, 15) is 9.59 Å². The summed E-state index contributed by atoms with van der Waals surface area (Å²) in [6, 6.07) is 11.2. The lowest BCUT2D eigenvalue weighted by Crippen LogP contribution is -2.39. The van der Waals surface area contributed by atoms with Crippen molar-refractivity contribution in [1.82, 2.24) is 4.57 Å². The van der Waals surface area contributed by atoms with Crippen molar-refractivity contribution in [2.45, 2.75) is 13.0 Å². The first-order valence-electron chi connectivity index (χ1n) is 10.0. The highest BCUT2D eigenvalue weighted by atomic mass is 32.1. The lowest BCUT2D eigenvalue weighted by molar-refractivity contribution is -0.138. The Labute approximate surface area is 193 Å². The van der Waals surface area contributed by atoms with Crippen molar-refractivity contribution < 1.29 is 9.53 Å². The second kappa shape index (κ2) is 9.10. The highest BCUT2D eigenvalue weighted by Crippen LogP contribution is 2.33. The Morgan fingerprint density at radius 3 is 2.66 bits per heavy atom. The van der Waals surface area contributed by atoms with Gasteiger partial charge < -0.3 is 9.64 Å². The first kappa shape index (κ1) is 22.0. The SMILES string of the molecule is C=CCOC(=O)C1=C(C)N=c2sc(=Cc3ccc(N(C)C)cc3)c(=O)n2C1c1cccs1. The summed E-state index contributed by atoms with van der Waals surface area (Å²) < 4.78 is 7.49. The third-order valence-electron chi connectivity index (χ3n) is 5.09. The second-order valence-electron chi connectivity index (χ2n) is 7.47. The molecule has 0 spiro atoms. The smallest absolute Gasteiger partial charge is 0.338 e. The van der Waals surface area contributed by atoms with Crippen LogP contribution in [-0.2, 0) is 9.53 Å². The van der Waals surface area contributed by atoms with Gasteiger partial charge in [0.05, 0.1) is 15.8 Å². The first-order chi connectivity index (χ1) is 15.4. The Morgan fingerprint density at radius 2 is 2.03 bits per heavy atom. The minimum absolute atomic E-state index is 0.0974. The fraction of sp³-hybridized carbons (Fsp3) is 0.208. The quantitative estimate of drug-likeness (QED) is 0.415. The van der Waals surface area contributed by atoms with Gasteiger partial charge in [0.15, 0.2) is 4.80 Å². The second-order valence-corrected chi connectivity index (χ2v) is 9.46. The van der Waals surface area contributed by atoms with Crippen molar-refractivity contribution in [3.8, 4) is 0 Å². The van der Waals surface area contributed by atoms with E-state index < -0.39 is 12.0 Å². The predicted molar refractivity (Wildman–Crippen MR) is 130 cm³/mol. The van der Waals surface area contributed by atoms with E-state index in [2.05, 4.69) is 11.6 Å². The Morgan fingerprint density at radius 1 is 1.28 bits per heavy atom. The first-order valence-corrected chi connectivity index (χ1v) is 11.7. The zero-order valence-corrected chi connectivity index (χ0v) is 19.7. The van der Waals surface area contributed by atoms with Crippen molar-refractivity contribution in [3.63, 3.8) is 0 Å². The van der Waals surface area contributed by atoms with Gasteiger partial charge >= 0.3 is 5.97 Å². The standard InChI is InChI=1S/C24H23N3O3S2/c1-5-12-30-23(29)20-15(2)25-24-27(21(20)18-7-6-13-31-18)22(28)19(32-24)14-16-8-10-17(11-9-16)26(3)4/h5-11,13-14,21H,1,12H2,2-4H3. The fourth-order valence-corrected chi connectivity index (χ4v) is 5.40. The summed E-state index contributed by atoms with van der Waals surface area (Å²) in [7, 11) is 3.97. The molecule has 0 amide bonds. The van der Waals surface area contributed by atoms with Gasteiger partial charge in [-0.2, -0.15) is 0 Å². The van der Waals surface area contributed by atoms with Gasteiger partial charge in [-0.1, -0.05) is 42.2 Å². The number of thiophene rings is 1. The molecule has 1 unspecified atom stereocenters. The van der Waals surface area contributed by atoms with Crippen LogP contribution >= 0.6 is 22.7 Å². The molecule has 6 nitrogen and oxygen atoms in total. The molecular formula is C24H23N3O3S2. The van der Waals surface area contributed by atoms with Crippen molar-refractivity contribution in [2.75, 3.05) is 25.6 Å². The fourth-order valence-electron chi connectivity index (χ4n) is 3.53. The zero-order chi connectivity index (χ0) is 22.8. The molecule has 1 aliphatic heterocycles. The summed E-state index contributed by atoms with van der Waals surface area (Å²) >= 11 is 2.82. The number of benzene rings is 1. The number of carbonyl (C=O) groups excluding carboxylic acids is 1. The molecule has 8 heteroatoms. The van der Waals surface area contributed by atoms with Gasteiger partial charge in [-0.05, 0) is 42.1 Å². The van der Waals surface area contributed by atoms with Crippen LogP contribution in [-0.4, -0.2) is 31.2 Å². The predicted octanol–water partition coefficient (Wildman–Crippen LogP) is 3.09. The van der Waals surface area contributed by atoms with Crippen LogP contribution in [0.2, 0.25) is 0 Å². The largest absolute Gasteiger partial charge is 0.458 e. The number of fused-ring (bicyclic) bond motifs is 1.